The second kappa shape index (κ2) is 6.46. The number of nitrogens with zero attached hydrogens (tertiary/aromatic N) is 1. The molecule has 2 N–H and O–H groups in total. The average molecular weight is 217 g/mol. The summed E-state index contributed by atoms with van der Waals surface area (Å²) in [5.74, 6) is 2.37. The van der Waals surface area contributed by atoms with Crippen molar-refractivity contribution in [1.29, 1.82) is 0 Å². The molecule has 0 fully saturated rings. The summed E-state index contributed by atoms with van der Waals surface area (Å²) in [6.45, 7) is 3.15. The highest BCUT2D eigenvalue weighted by Gasteiger charge is 2.05. The molecule has 0 spiro atoms. The Bertz CT molecular complexity index is 395. The van der Waals surface area contributed by atoms with Gasteiger partial charge in [0.1, 0.15) is 5.69 Å². The van der Waals surface area contributed by atoms with Crippen molar-refractivity contribution in [3.05, 3.63) is 24.0 Å². The zero-order chi connectivity index (χ0) is 11.8. The Hall–Kier alpha value is -2.02. The van der Waals surface area contributed by atoms with Gasteiger partial charge in [0, 0.05) is 31.4 Å². The lowest BCUT2D eigenvalue weighted by Crippen LogP contribution is -2.23. The molecule has 1 aromatic rings. The number of carbonyl (C=O) groups excluding carboxylic acids is 1. The number of amides is 1. The number of pyridine rings is 1. The molecule has 1 amide bonds. The molecule has 1 aromatic heterocycles. The molecule has 1 heterocycles. The number of anilines is 1. The van der Waals surface area contributed by atoms with Crippen LogP contribution in [0.2, 0.25) is 0 Å². The Morgan fingerprint density at radius 2 is 2.44 bits per heavy atom. The van der Waals surface area contributed by atoms with Crippen LogP contribution in [0.5, 0.6) is 0 Å². The number of nitrogens with one attached hydrogen (secondary N) is 2. The molecule has 0 aliphatic heterocycles. The van der Waals surface area contributed by atoms with E-state index in [2.05, 4.69) is 21.5 Å². The van der Waals surface area contributed by atoms with Crippen molar-refractivity contribution in [2.45, 2.75) is 13.3 Å². The second-order valence-corrected chi connectivity index (χ2v) is 3.17. The maximum atomic E-state index is 11.5. The van der Waals surface area contributed by atoms with Crippen LogP contribution in [-0.2, 0) is 0 Å². The average Bonchev–Trinajstić information content (AvgIpc) is 2.30. The van der Waals surface area contributed by atoms with Crippen molar-refractivity contribution in [1.82, 2.24) is 10.3 Å². The molecule has 0 aliphatic carbocycles. The van der Waals surface area contributed by atoms with Crippen molar-refractivity contribution in [2.24, 2.45) is 0 Å². The predicted octanol–water partition coefficient (Wildman–Crippen LogP) is 1.27. The summed E-state index contributed by atoms with van der Waals surface area (Å²) in [6, 6.07) is 3.51. The Morgan fingerprint density at radius 3 is 3.12 bits per heavy atom. The first kappa shape index (κ1) is 12.1. The van der Waals surface area contributed by atoms with Crippen molar-refractivity contribution >= 4 is 11.6 Å². The lowest BCUT2D eigenvalue weighted by atomic mass is 10.3. The third-order valence-electron chi connectivity index (χ3n) is 1.93. The highest BCUT2D eigenvalue weighted by atomic mass is 16.1. The van der Waals surface area contributed by atoms with E-state index in [1.54, 1.807) is 18.3 Å². The van der Waals surface area contributed by atoms with Crippen LogP contribution in [0.4, 0.5) is 5.69 Å². The van der Waals surface area contributed by atoms with Crippen LogP contribution in [0.25, 0.3) is 0 Å². The number of hydrogen-bond acceptors (Lipinski definition) is 3. The minimum Gasteiger partial charge on any atom is -0.384 e. The topological polar surface area (TPSA) is 54.0 Å². The van der Waals surface area contributed by atoms with Gasteiger partial charge in [-0.05, 0) is 19.1 Å². The van der Waals surface area contributed by atoms with E-state index in [-0.39, 0.29) is 5.91 Å². The lowest BCUT2D eigenvalue weighted by Gasteiger charge is -2.06. The maximum absolute atomic E-state index is 11.5. The molecule has 0 atom stereocenters. The molecule has 0 saturated heterocycles. The van der Waals surface area contributed by atoms with Gasteiger partial charge in [-0.2, -0.15) is 0 Å². The van der Waals surface area contributed by atoms with Gasteiger partial charge in [0.2, 0.25) is 0 Å². The molecule has 4 heteroatoms. The first-order chi connectivity index (χ1) is 7.77. The van der Waals surface area contributed by atoms with Gasteiger partial charge in [-0.1, -0.05) is 0 Å². The monoisotopic (exact) mass is 217 g/mol. The third kappa shape index (κ3) is 3.62. The van der Waals surface area contributed by atoms with Crippen LogP contribution < -0.4 is 10.6 Å². The van der Waals surface area contributed by atoms with E-state index in [9.17, 15) is 4.79 Å². The lowest BCUT2D eigenvalue weighted by molar-refractivity contribution is 0.0951. The number of aromatic nitrogens is 1. The third-order valence-corrected chi connectivity index (χ3v) is 1.93. The molecule has 0 aliphatic rings. The summed E-state index contributed by atoms with van der Waals surface area (Å²) in [5, 5.41) is 5.82. The van der Waals surface area contributed by atoms with E-state index in [1.165, 1.54) is 0 Å². The maximum Gasteiger partial charge on any atom is 0.269 e. The first-order valence-electron chi connectivity index (χ1n) is 5.19. The molecule has 0 bridgehead atoms. The van der Waals surface area contributed by atoms with Crippen LogP contribution in [0.1, 0.15) is 23.8 Å². The molecule has 0 unspecified atom stereocenters. The number of hydrogen-bond donors (Lipinski definition) is 2. The minimum atomic E-state index is -0.164. The van der Waals surface area contributed by atoms with E-state index in [0.717, 1.165) is 5.69 Å². The summed E-state index contributed by atoms with van der Waals surface area (Å²) in [7, 11) is 0. The fourth-order valence-corrected chi connectivity index (χ4v) is 1.19. The summed E-state index contributed by atoms with van der Waals surface area (Å²) < 4.78 is 0. The van der Waals surface area contributed by atoms with E-state index < -0.39 is 0 Å². The largest absolute Gasteiger partial charge is 0.384 e. The predicted molar refractivity (Wildman–Crippen MR) is 64.2 cm³/mol. The first-order valence-corrected chi connectivity index (χ1v) is 5.19. The summed E-state index contributed by atoms with van der Waals surface area (Å²) >= 11 is 0. The molecule has 4 nitrogen and oxygen atoms in total. The molecule has 16 heavy (non-hydrogen) atoms. The van der Waals surface area contributed by atoms with Crippen molar-refractivity contribution in [2.75, 3.05) is 18.4 Å². The van der Waals surface area contributed by atoms with Gasteiger partial charge in [0.25, 0.3) is 5.91 Å². The van der Waals surface area contributed by atoms with E-state index in [0.29, 0.717) is 25.2 Å². The fourth-order valence-electron chi connectivity index (χ4n) is 1.19. The second-order valence-electron chi connectivity index (χ2n) is 3.17. The standard InChI is InChI=1S/C12H15N3O/c1-3-5-7-14-10-6-8-15-11(9-10)12(16)13-4-2/h1,6,8-9H,4-5,7H2,2H3,(H,13,16)(H,14,15). The van der Waals surface area contributed by atoms with Gasteiger partial charge in [0.05, 0.1) is 0 Å². The van der Waals surface area contributed by atoms with E-state index in [1.807, 2.05) is 6.92 Å². The molecule has 84 valence electrons. The highest BCUT2D eigenvalue weighted by Crippen LogP contribution is 2.07. The molecule has 0 saturated carbocycles. The Balaban J connectivity index is 2.64. The van der Waals surface area contributed by atoms with Gasteiger partial charge in [-0.15, -0.1) is 12.3 Å². The molecular formula is C12H15N3O. The quantitative estimate of drug-likeness (QED) is 0.577. The zero-order valence-electron chi connectivity index (χ0n) is 9.29. The van der Waals surface area contributed by atoms with Crippen LogP contribution >= 0.6 is 0 Å². The van der Waals surface area contributed by atoms with Gasteiger partial charge >= 0.3 is 0 Å². The summed E-state index contributed by atoms with van der Waals surface area (Å²) in [4.78, 5) is 15.5. The van der Waals surface area contributed by atoms with Crippen molar-refractivity contribution < 1.29 is 4.79 Å². The Morgan fingerprint density at radius 1 is 1.62 bits per heavy atom. The number of rotatable bonds is 5. The van der Waals surface area contributed by atoms with Gasteiger partial charge in [-0.25, -0.2) is 0 Å². The zero-order valence-corrected chi connectivity index (χ0v) is 9.29. The summed E-state index contributed by atoms with van der Waals surface area (Å²) in [6.07, 6.45) is 7.40. The van der Waals surface area contributed by atoms with Crippen LogP contribution in [0.15, 0.2) is 18.3 Å². The smallest absolute Gasteiger partial charge is 0.269 e. The van der Waals surface area contributed by atoms with Gasteiger partial charge in [-0.3, -0.25) is 9.78 Å². The van der Waals surface area contributed by atoms with Crippen LogP contribution in [0, 0.1) is 12.3 Å². The SMILES string of the molecule is C#CCCNc1ccnc(C(=O)NCC)c1. The number of carbonyl (C=O) groups is 1. The van der Waals surface area contributed by atoms with Crippen molar-refractivity contribution in [3.8, 4) is 12.3 Å². The van der Waals surface area contributed by atoms with Crippen molar-refractivity contribution in [3.63, 3.8) is 0 Å². The minimum absolute atomic E-state index is 0.164. The van der Waals surface area contributed by atoms with E-state index in [4.69, 9.17) is 6.42 Å². The fraction of sp³-hybridized carbons (Fsp3) is 0.333. The summed E-state index contributed by atoms with van der Waals surface area (Å²) in [5.41, 5.74) is 1.26. The Kier molecular flexibility index (Phi) is 4.87. The normalized spacial score (nSPS) is 9.25. The van der Waals surface area contributed by atoms with Gasteiger partial charge in [0.15, 0.2) is 0 Å². The van der Waals surface area contributed by atoms with Crippen LogP contribution in [-0.4, -0.2) is 24.0 Å². The molecule has 1 rings (SSSR count). The highest BCUT2D eigenvalue weighted by molar-refractivity contribution is 5.93. The van der Waals surface area contributed by atoms with Crippen LogP contribution in [0.3, 0.4) is 0 Å². The molecule has 0 aromatic carbocycles. The molecular weight excluding hydrogens is 202 g/mol. The molecule has 0 radical (unpaired) electrons. The van der Waals surface area contributed by atoms with E-state index >= 15 is 0 Å². The number of terminal acetylenes is 1. The Labute approximate surface area is 95.5 Å². The van der Waals surface area contributed by atoms with Gasteiger partial charge < -0.3 is 10.6 Å².